The minimum absolute atomic E-state index is 0.0311. The summed E-state index contributed by atoms with van der Waals surface area (Å²) in [5, 5.41) is 0. The minimum atomic E-state index is 0.0311. The zero-order valence-corrected chi connectivity index (χ0v) is 10.8. The highest BCUT2D eigenvalue weighted by Gasteiger charge is 2.19. The van der Waals surface area contributed by atoms with E-state index in [1.807, 2.05) is 44.2 Å². The third kappa shape index (κ3) is 4.51. The number of carbonyl (C=O) groups excluding carboxylic acids is 2. The highest BCUT2D eigenvalue weighted by molar-refractivity contribution is 5.83. The molecule has 2 nitrogen and oxygen atoms in total. The summed E-state index contributed by atoms with van der Waals surface area (Å²) < 4.78 is 0. The van der Waals surface area contributed by atoms with Crippen LogP contribution in [0.2, 0.25) is 0 Å². The molecular formula is C15H20O2. The number of hydrogen-bond donors (Lipinski definition) is 0. The van der Waals surface area contributed by atoms with Crippen molar-refractivity contribution in [2.45, 2.75) is 39.5 Å². The van der Waals surface area contributed by atoms with Crippen molar-refractivity contribution in [1.29, 1.82) is 0 Å². The van der Waals surface area contributed by atoms with E-state index >= 15 is 0 Å². The fourth-order valence-corrected chi connectivity index (χ4v) is 1.86. The molecule has 0 aliphatic carbocycles. The van der Waals surface area contributed by atoms with Crippen LogP contribution in [-0.2, 0) is 9.59 Å². The lowest BCUT2D eigenvalue weighted by Gasteiger charge is -2.16. The van der Waals surface area contributed by atoms with Crippen molar-refractivity contribution in [1.82, 2.24) is 0 Å². The van der Waals surface area contributed by atoms with Crippen molar-refractivity contribution in [3.8, 4) is 0 Å². The molecule has 0 aromatic heterocycles. The monoisotopic (exact) mass is 232 g/mol. The zero-order valence-electron chi connectivity index (χ0n) is 10.8. The van der Waals surface area contributed by atoms with Crippen LogP contribution in [0.15, 0.2) is 30.3 Å². The number of benzene rings is 1. The van der Waals surface area contributed by atoms with Crippen LogP contribution in [0.1, 0.15) is 45.1 Å². The van der Waals surface area contributed by atoms with E-state index in [-0.39, 0.29) is 23.4 Å². The second-order valence-electron chi connectivity index (χ2n) is 4.84. The van der Waals surface area contributed by atoms with E-state index < -0.39 is 0 Å². The number of ketones is 2. The molecule has 0 N–H and O–H groups in total. The average Bonchev–Trinajstić information content (AvgIpc) is 2.28. The third-order valence-electron chi connectivity index (χ3n) is 2.90. The number of hydrogen-bond acceptors (Lipinski definition) is 2. The summed E-state index contributed by atoms with van der Waals surface area (Å²) in [5.41, 5.74) is 1.08. The fourth-order valence-electron chi connectivity index (χ4n) is 1.86. The van der Waals surface area contributed by atoms with E-state index in [0.717, 1.165) is 5.56 Å². The first-order valence-corrected chi connectivity index (χ1v) is 6.07. The Morgan fingerprint density at radius 1 is 1.06 bits per heavy atom. The van der Waals surface area contributed by atoms with E-state index in [1.54, 1.807) is 6.92 Å². The van der Waals surface area contributed by atoms with Crippen LogP contribution in [0.3, 0.4) is 0 Å². The molecule has 2 heteroatoms. The van der Waals surface area contributed by atoms with Crippen LogP contribution in [0.5, 0.6) is 0 Å². The Morgan fingerprint density at radius 2 is 1.65 bits per heavy atom. The van der Waals surface area contributed by atoms with Crippen molar-refractivity contribution < 1.29 is 9.59 Å². The maximum atomic E-state index is 11.8. The molecule has 0 bridgehead atoms. The van der Waals surface area contributed by atoms with Gasteiger partial charge in [0.25, 0.3) is 0 Å². The van der Waals surface area contributed by atoms with Crippen LogP contribution in [0.25, 0.3) is 0 Å². The van der Waals surface area contributed by atoms with Gasteiger partial charge in [0, 0.05) is 18.8 Å². The highest BCUT2D eigenvalue weighted by atomic mass is 16.1. The van der Waals surface area contributed by atoms with Crippen molar-refractivity contribution in [2.75, 3.05) is 0 Å². The Bertz CT molecular complexity index is 379. The van der Waals surface area contributed by atoms with E-state index in [1.165, 1.54) is 0 Å². The van der Waals surface area contributed by atoms with Gasteiger partial charge in [-0.05, 0) is 18.4 Å². The molecule has 0 heterocycles. The Labute approximate surface area is 103 Å². The Morgan fingerprint density at radius 3 is 2.12 bits per heavy atom. The molecule has 0 saturated heterocycles. The summed E-state index contributed by atoms with van der Waals surface area (Å²) in [4.78, 5) is 23.1. The van der Waals surface area contributed by atoms with Crippen LogP contribution >= 0.6 is 0 Å². The number of carbonyl (C=O) groups is 2. The fraction of sp³-hybridized carbons (Fsp3) is 0.467. The van der Waals surface area contributed by atoms with Crippen molar-refractivity contribution in [3.05, 3.63) is 35.9 Å². The van der Waals surface area contributed by atoms with Gasteiger partial charge >= 0.3 is 0 Å². The summed E-state index contributed by atoms with van der Waals surface area (Å²) in [6.45, 7) is 5.38. The quantitative estimate of drug-likeness (QED) is 0.753. The maximum absolute atomic E-state index is 11.8. The van der Waals surface area contributed by atoms with Gasteiger partial charge in [-0.1, -0.05) is 44.2 Å². The van der Waals surface area contributed by atoms with E-state index in [0.29, 0.717) is 12.8 Å². The molecule has 0 unspecified atom stereocenters. The molecule has 1 aromatic rings. The number of Topliss-reactive ketones (excluding diaryl/α,β-unsaturated/α-hetero) is 2. The van der Waals surface area contributed by atoms with Crippen LogP contribution in [-0.4, -0.2) is 11.6 Å². The SMILES string of the molecule is CC(=O)C[C@@H](CC(=O)C(C)C)c1ccccc1. The first kappa shape index (κ1) is 13.6. The van der Waals surface area contributed by atoms with Crippen LogP contribution in [0.4, 0.5) is 0 Å². The molecule has 0 saturated carbocycles. The van der Waals surface area contributed by atoms with Crippen LogP contribution in [0, 0.1) is 5.92 Å². The Hall–Kier alpha value is -1.44. The van der Waals surface area contributed by atoms with Crippen molar-refractivity contribution in [2.24, 2.45) is 5.92 Å². The van der Waals surface area contributed by atoms with E-state index in [9.17, 15) is 9.59 Å². The molecule has 0 amide bonds. The molecule has 17 heavy (non-hydrogen) atoms. The summed E-state index contributed by atoms with van der Waals surface area (Å²) >= 11 is 0. The van der Waals surface area contributed by atoms with Gasteiger partial charge < -0.3 is 4.79 Å². The zero-order chi connectivity index (χ0) is 12.8. The lowest BCUT2D eigenvalue weighted by atomic mass is 9.87. The van der Waals surface area contributed by atoms with Gasteiger partial charge in [0.15, 0.2) is 0 Å². The van der Waals surface area contributed by atoms with Gasteiger partial charge in [-0.15, -0.1) is 0 Å². The van der Waals surface area contributed by atoms with Crippen molar-refractivity contribution >= 4 is 11.6 Å². The Kier molecular flexibility index (Phi) is 5.08. The molecule has 1 atom stereocenters. The summed E-state index contributed by atoms with van der Waals surface area (Å²) in [6, 6.07) is 9.81. The van der Waals surface area contributed by atoms with Gasteiger partial charge in [0.1, 0.15) is 11.6 Å². The second-order valence-corrected chi connectivity index (χ2v) is 4.84. The smallest absolute Gasteiger partial charge is 0.136 e. The van der Waals surface area contributed by atoms with E-state index in [2.05, 4.69) is 0 Å². The molecule has 92 valence electrons. The molecule has 0 radical (unpaired) electrons. The molecule has 0 aliphatic heterocycles. The van der Waals surface area contributed by atoms with E-state index in [4.69, 9.17) is 0 Å². The largest absolute Gasteiger partial charge is 0.300 e. The lowest BCUT2D eigenvalue weighted by molar-refractivity contribution is -0.122. The van der Waals surface area contributed by atoms with Gasteiger partial charge in [-0.3, -0.25) is 4.79 Å². The normalized spacial score (nSPS) is 12.5. The highest BCUT2D eigenvalue weighted by Crippen LogP contribution is 2.25. The first-order valence-electron chi connectivity index (χ1n) is 6.07. The molecule has 1 rings (SSSR count). The van der Waals surface area contributed by atoms with Gasteiger partial charge in [0.2, 0.25) is 0 Å². The molecule has 0 spiro atoms. The first-order chi connectivity index (χ1) is 8.00. The third-order valence-corrected chi connectivity index (χ3v) is 2.90. The Balaban J connectivity index is 2.81. The topological polar surface area (TPSA) is 34.1 Å². The summed E-state index contributed by atoms with van der Waals surface area (Å²) in [5.74, 6) is 0.423. The molecule has 1 aromatic carbocycles. The predicted molar refractivity (Wildman–Crippen MR) is 68.9 cm³/mol. The summed E-state index contributed by atoms with van der Waals surface area (Å²) in [7, 11) is 0. The van der Waals surface area contributed by atoms with Gasteiger partial charge in [-0.25, -0.2) is 0 Å². The van der Waals surface area contributed by atoms with Crippen LogP contribution < -0.4 is 0 Å². The standard InChI is InChI=1S/C15H20O2/c1-11(2)15(17)10-14(9-12(3)16)13-7-5-4-6-8-13/h4-8,11,14H,9-10H2,1-3H3/t14-/m0/s1. The van der Waals surface area contributed by atoms with Gasteiger partial charge in [-0.2, -0.15) is 0 Å². The number of rotatable bonds is 6. The minimum Gasteiger partial charge on any atom is -0.300 e. The predicted octanol–water partition coefficient (Wildman–Crippen LogP) is 3.36. The molecular weight excluding hydrogens is 212 g/mol. The van der Waals surface area contributed by atoms with Crippen molar-refractivity contribution in [3.63, 3.8) is 0 Å². The van der Waals surface area contributed by atoms with Gasteiger partial charge in [0.05, 0.1) is 0 Å². The average molecular weight is 232 g/mol. The molecule has 0 aliphatic rings. The maximum Gasteiger partial charge on any atom is 0.136 e. The second kappa shape index (κ2) is 6.33. The summed E-state index contributed by atoms with van der Waals surface area (Å²) in [6.07, 6.45) is 0.906. The molecule has 0 fully saturated rings. The lowest BCUT2D eigenvalue weighted by Crippen LogP contribution is -2.14.